The summed E-state index contributed by atoms with van der Waals surface area (Å²) in [4.78, 5) is 26.6. The molecule has 5 heteroatoms. The van der Waals surface area contributed by atoms with Crippen molar-refractivity contribution in [2.75, 3.05) is 0 Å². The van der Waals surface area contributed by atoms with Crippen molar-refractivity contribution >= 4 is 22.6 Å². The highest BCUT2D eigenvalue weighted by molar-refractivity contribution is 6.03. The average molecular weight is 333 g/mol. The van der Waals surface area contributed by atoms with Gasteiger partial charge in [-0.1, -0.05) is 42.5 Å². The van der Waals surface area contributed by atoms with E-state index in [1.54, 1.807) is 10.9 Å². The Labute approximate surface area is 145 Å². The molecule has 5 nitrogen and oxygen atoms in total. The third-order valence-electron chi connectivity index (χ3n) is 4.79. The Kier molecular flexibility index (Phi) is 3.84. The lowest BCUT2D eigenvalue weighted by Crippen LogP contribution is -2.30. The number of nitrogens with zero attached hydrogens (tertiary/aromatic N) is 3. The van der Waals surface area contributed by atoms with Crippen LogP contribution in [0, 0.1) is 5.92 Å². The van der Waals surface area contributed by atoms with Crippen LogP contribution in [0.15, 0.2) is 54.9 Å². The molecule has 2 aromatic carbocycles. The van der Waals surface area contributed by atoms with Gasteiger partial charge in [0.15, 0.2) is 0 Å². The molecule has 0 spiro atoms. The van der Waals surface area contributed by atoms with Crippen LogP contribution in [0.1, 0.15) is 17.5 Å². The highest BCUT2D eigenvalue weighted by atomic mass is 16.2. The van der Waals surface area contributed by atoms with Crippen molar-refractivity contribution in [3.8, 4) is 0 Å². The van der Waals surface area contributed by atoms with Crippen LogP contribution in [-0.4, -0.2) is 26.5 Å². The second-order valence-electron chi connectivity index (χ2n) is 6.58. The zero-order valence-corrected chi connectivity index (χ0v) is 14.1. The van der Waals surface area contributed by atoms with Gasteiger partial charge in [-0.05, 0) is 28.3 Å². The molecule has 0 saturated carbocycles. The van der Waals surface area contributed by atoms with E-state index < -0.39 is 0 Å². The minimum atomic E-state index is -0.285. The van der Waals surface area contributed by atoms with Crippen molar-refractivity contribution in [2.24, 2.45) is 13.0 Å². The number of amides is 2. The van der Waals surface area contributed by atoms with Gasteiger partial charge in [-0.15, -0.1) is 0 Å². The van der Waals surface area contributed by atoms with Gasteiger partial charge in [0.1, 0.15) is 0 Å². The van der Waals surface area contributed by atoms with Gasteiger partial charge < -0.3 is 0 Å². The molecule has 0 aliphatic carbocycles. The summed E-state index contributed by atoms with van der Waals surface area (Å²) in [6.07, 6.45) is 4.49. The molecule has 0 radical (unpaired) electrons. The largest absolute Gasteiger partial charge is 0.278 e. The number of aryl methyl sites for hydroxylation is 1. The summed E-state index contributed by atoms with van der Waals surface area (Å²) < 4.78 is 1.71. The number of carbonyl (C=O) groups is 2. The van der Waals surface area contributed by atoms with E-state index >= 15 is 0 Å². The van der Waals surface area contributed by atoms with Crippen LogP contribution in [0.25, 0.3) is 10.8 Å². The van der Waals surface area contributed by atoms with E-state index in [9.17, 15) is 9.59 Å². The number of likely N-dealkylation sites (tertiary alicyclic amines) is 1. The second-order valence-corrected chi connectivity index (χ2v) is 6.58. The van der Waals surface area contributed by atoms with Crippen LogP contribution in [0.3, 0.4) is 0 Å². The van der Waals surface area contributed by atoms with Crippen molar-refractivity contribution in [2.45, 2.75) is 19.4 Å². The van der Waals surface area contributed by atoms with E-state index in [1.807, 2.05) is 55.7 Å². The summed E-state index contributed by atoms with van der Waals surface area (Å²) in [7, 11) is 1.85. The van der Waals surface area contributed by atoms with Gasteiger partial charge in [-0.3, -0.25) is 19.2 Å². The number of imide groups is 1. The van der Waals surface area contributed by atoms with Crippen LogP contribution in [-0.2, 0) is 29.6 Å². The predicted molar refractivity (Wildman–Crippen MR) is 94.5 cm³/mol. The normalized spacial score (nSPS) is 17.6. The van der Waals surface area contributed by atoms with Crippen LogP contribution < -0.4 is 0 Å². The Bertz CT molecular complexity index is 955. The van der Waals surface area contributed by atoms with Gasteiger partial charge in [0.2, 0.25) is 11.8 Å². The fourth-order valence-electron chi connectivity index (χ4n) is 3.54. The average Bonchev–Trinajstić information content (AvgIpc) is 3.13. The fourth-order valence-corrected chi connectivity index (χ4v) is 3.54. The first-order valence-electron chi connectivity index (χ1n) is 8.40. The molecule has 1 saturated heterocycles. The summed E-state index contributed by atoms with van der Waals surface area (Å²) in [5.74, 6) is -0.458. The van der Waals surface area contributed by atoms with Gasteiger partial charge >= 0.3 is 0 Å². The molecule has 4 rings (SSSR count). The molecule has 2 heterocycles. The first-order chi connectivity index (χ1) is 12.1. The van der Waals surface area contributed by atoms with Gasteiger partial charge in [-0.2, -0.15) is 5.10 Å². The van der Waals surface area contributed by atoms with Crippen molar-refractivity contribution in [1.82, 2.24) is 14.7 Å². The third kappa shape index (κ3) is 2.93. The van der Waals surface area contributed by atoms with Gasteiger partial charge in [0, 0.05) is 19.7 Å². The highest BCUT2D eigenvalue weighted by Crippen LogP contribution is 2.27. The van der Waals surface area contributed by atoms with Crippen molar-refractivity contribution in [3.63, 3.8) is 0 Å². The van der Waals surface area contributed by atoms with Crippen LogP contribution in [0.4, 0.5) is 0 Å². The molecular weight excluding hydrogens is 314 g/mol. The van der Waals surface area contributed by atoms with E-state index in [1.165, 1.54) is 4.90 Å². The Morgan fingerprint density at radius 1 is 1.12 bits per heavy atom. The maximum Gasteiger partial charge on any atom is 0.233 e. The summed E-state index contributed by atoms with van der Waals surface area (Å²) >= 11 is 0. The van der Waals surface area contributed by atoms with E-state index in [2.05, 4.69) is 5.10 Å². The predicted octanol–water partition coefficient (Wildman–Crippen LogP) is 2.69. The Hall–Kier alpha value is -2.95. The maximum absolute atomic E-state index is 12.7. The molecule has 0 N–H and O–H groups in total. The molecular formula is C20H19N3O2. The van der Waals surface area contributed by atoms with E-state index in [4.69, 9.17) is 0 Å². The zero-order valence-electron chi connectivity index (χ0n) is 14.1. The number of aromatic nitrogens is 2. The molecule has 1 aliphatic heterocycles. The highest BCUT2D eigenvalue weighted by Gasteiger charge is 2.38. The van der Waals surface area contributed by atoms with Crippen molar-refractivity contribution < 1.29 is 9.59 Å². The topological polar surface area (TPSA) is 55.2 Å². The summed E-state index contributed by atoms with van der Waals surface area (Å²) in [5.41, 5.74) is 1.99. The van der Waals surface area contributed by atoms with E-state index in [-0.39, 0.29) is 24.2 Å². The molecule has 1 aliphatic rings. The molecule has 1 unspecified atom stereocenters. The number of hydrogen-bond donors (Lipinski definition) is 0. The first-order valence-corrected chi connectivity index (χ1v) is 8.40. The van der Waals surface area contributed by atoms with E-state index in [0.717, 1.165) is 21.9 Å². The van der Waals surface area contributed by atoms with Crippen LogP contribution >= 0.6 is 0 Å². The van der Waals surface area contributed by atoms with Gasteiger partial charge in [0.25, 0.3) is 0 Å². The minimum absolute atomic E-state index is 0.0817. The van der Waals surface area contributed by atoms with Gasteiger partial charge in [0.05, 0.1) is 18.7 Å². The van der Waals surface area contributed by atoms with E-state index in [0.29, 0.717) is 13.0 Å². The SMILES string of the molecule is Cn1cc(CC2CC(=O)N(Cc3cccc4ccccc34)C2=O)cn1. The Balaban J connectivity index is 1.56. The monoisotopic (exact) mass is 333 g/mol. The quantitative estimate of drug-likeness (QED) is 0.690. The molecule has 2 amide bonds. The number of fused-ring (bicyclic) bond motifs is 1. The number of rotatable bonds is 4. The molecule has 126 valence electrons. The zero-order chi connectivity index (χ0) is 17.4. The lowest BCUT2D eigenvalue weighted by molar-refractivity contribution is -0.140. The first kappa shape index (κ1) is 15.6. The Morgan fingerprint density at radius 2 is 1.92 bits per heavy atom. The molecule has 1 atom stereocenters. The Morgan fingerprint density at radius 3 is 2.72 bits per heavy atom. The summed E-state index contributed by atoms with van der Waals surface area (Å²) in [6.45, 7) is 0.336. The number of benzene rings is 2. The van der Waals surface area contributed by atoms with Crippen molar-refractivity contribution in [1.29, 1.82) is 0 Å². The summed E-state index contributed by atoms with van der Waals surface area (Å²) in [5, 5.41) is 6.33. The molecule has 0 bridgehead atoms. The van der Waals surface area contributed by atoms with Gasteiger partial charge in [-0.25, -0.2) is 0 Å². The minimum Gasteiger partial charge on any atom is -0.278 e. The lowest BCUT2D eigenvalue weighted by Gasteiger charge is -2.16. The standard InChI is InChI=1S/C20H19N3O2/c1-22-12-14(11-21-22)9-17-10-19(24)23(20(17)25)13-16-7-4-6-15-5-2-3-8-18(15)16/h2-8,11-12,17H,9-10,13H2,1H3. The number of carbonyl (C=O) groups excluding carboxylic acids is 2. The third-order valence-corrected chi connectivity index (χ3v) is 4.79. The second kappa shape index (κ2) is 6.16. The van der Waals surface area contributed by atoms with Crippen LogP contribution in [0.2, 0.25) is 0 Å². The lowest BCUT2D eigenvalue weighted by atomic mass is 10.00. The molecule has 1 fully saturated rings. The summed E-state index contributed by atoms with van der Waals surface area (Å²) in [6, 6.07) is 14.0. The maximum atomic E-state index is 12.7. The van der Waals surface area contributed by atoms with Crippen LogP contribution in [0.5, 0.6) is 0 Å². The molecule has 1 aromatic heterocycles. The fraction of sp³-hybridized carbons (Fsp3) is 0.250. The molecule has 3 aromatic rings. The van der Waals surface area contributed by atoms with Crippen molar-refractivity contribution in [3.05, 3.63) is 66.0 Å². The molecule has 25 heavy (non-hydrogen) atoms. The number of hydrogen-bond acceptors (Lipinski definition) is 3. The smallest absolute Gasteiger partial charge is 0.233 e.